The van der Waals surface area contributed by atoms with Crippen LogP contribution in [0.3, 0.4) is 0 Å². The molecule has 4 nitrogen and oxygen atoms in total. The highest BCUT2D eigenvalue weighted by Crippen LogP contribution is 2.40. The maximum Gasteiger partial charge on any atom is 0.303 e. The third-order valence-electron chi connectivity index (χ3n) is 3.47. The number of methoxy groups -OCH3 is 2. The molecule has 1 aromatic rings. The summed E-state index contributed by atoms with van der Waals surface area (Å²) in [4.78, 5) is 10.7. The number of hydrogen-bond donors (Lipinski definition) is 1. The molecule has 106 valence electrons. The lowest BCUT2D eigenvalue weighted by Gasteiger charge is -2.28. The molecule has 0 aliphatic carbocycles. The van der Waals surface area contributed by atoms with E-state index in [1.165, 1.54) is 0 Å². The predicted molar refractivity (Wildman–Crippen MR) is 74.2 cm³/mol. The van der Waals surface area contributed by atoms with E-state index in [-0.39, 0.29) is 11.8 Å². The van der Waals surface area contributed by atoms with Crippen molar-refractivity contribution in [2.24, 2.45) is 0 Å². The molecular formula is C15H22O4. The highest BCUT2D eigenvalue weighted by atomic mass is 16.5. The van der Waals surface area contributed by atoms with Crippen LogP contribution in [0.25, 0.3) is 0 Å². The fourth-order valence-corrected chi connectivity index (χ4v) is 2.24. The first kappa shape index (κ1) is 15.3. The summed E-state index contributed by atoms with van der Waals surface area (Å²) >= 11 is 0. The third-order valence-corrected chi connectivity index (χ3v) is 3.47. The molecule has 0 atom stereocenters. The Bertz CT molecular complexity index is 463. The standard InChI is InChI=1S/C15H22O4/c1-10-12(18-4)7-6-11(14(10)19-5)15(2,3)9-8-13(16)17/h6-7H,8-9H2,1-5H3,(H,16,17). The van der Waals surface area contributed by atoms with Gasteiger partial charge in [-0.05, 0) is 24.8 Å². The summed E-state index contributed by atoms with van der Waals surface area (Å²) in [5.74, 6) is 0.765. The van der Waals surface area contributed by atoms with Gasteiger partial charge in [0.1, 0.15) is 11.5 Å². The van der Waals surface area contributed by atoms with Crippen LogP contribution in [0.15, 0.2) is 12.1 Å². The van der Waals surface area contributed by atoms with Crippen molar-refractivity contribution in [3.8, 4) is 11.5 Å². The Labute approximate surface area is 114 Å². The van der Waals surface area contributed by atoms with Crippen LogP contribution >= 0.6 is 0 Å². The van der Waals surface area contributed by atoms with Crippen LogP contribution in [-0.2, 0) is 10.2 Å². The van der Waals surface area contributed by atoms with Crippen molar-refractivity contribution in [3.63, 3.8) is 0 Å². The van der Waals surface area contributed by atoms with Gasteiger partial charge in [0.05, 0.1) is 14.2 Å². The molecule has 0 heterocycles. The molecule has 0 aliphatic rings. The second-order valence-corrected chi connectivity index (χ2v) is 5.25. The fraction of sp³-hybridized carbons (Fsp3) is 0.533. The molecule has 0 bridgehead atoms. The zero-order valence-electron chi connectivity index (χ0n) is 12.2. The molecule has 19 heavy (non-hydrogen) atoms. The van der Waals surface area contributed by atoms with Gasteiger partial charge >= 0.3 is 5.97 Å². The molecule has 0 amide bonds. The molecule has 0 unspecified atom stereocenters. The molecule has 1 aromatic carbocycles. The van der Waals surface area contributed by atoms with Crippen LogP contribution in [0.5, 0.6) is 11.5 Å². The van der Waals surface area contributed by atoms with Gasteiger partial charge < -0.3 is 14.6 Å². The number of hydrogen-bond acceptors (Lipinski definition) is 3. The van der Waals surface area contributed by atoms with Crippen LogP contribution in [0.4, 0.5) is 0 Å². The minimum Gasteiger partial charge on any atom is -0.496 e. The van der Waals surface area contributed by atoms with Gasteiger partial charge in [-0.1, -0.05) is 19.9 Å². The first-order valence-corrected chi connectivity index (χ1v) is 6.27. The molecule has 0 saturated heterocycles. The van der Waals surface area contributed by atoms with Gasteiger partial charge in [0.2, 0.25) is 0 Å². The Kier molecular flexibility index (Phi) is 4.81. The van der Waals surface area contributed by atoms with E-state index in [9.17, 15) is 4.79 Å². The van der Waals surface area contributed by atoms with Crippen molar-refractivity contribution in [2.75, 3.05) is 14.2 Å². The second-order valence-electron chi connectivity index (χ2n) is 5.25. The average Bonchev–Trinajstić information content (AvgIpc) is 2.36. The van der Waals surface area contributed by atoms with Crippen LogP contribution in [-0.4, -0.2) is 25.3 Å². The lowest BCUT2D eigenvalue weighted by molar-refractivity contribution is -0.137. The van der Waals surface area contributed by atoms with Crippen molar-refractivity contribution < 1.29 is 19.4 Å². The van der Waals surface area contributed by atoms with Crippen molar-refractivity contribution in [3.05, 3.63) is 23.3 Å². The highest BCUT2D eigenvalue weighted by molar-refractivity contribution is 5.67. The maximum absolute atomic E-state index is 10.7. The number of rotatable bonds is 6. The van der Waals surface area contributed by atoms with E-state index in [0.717, 1.165) is 22.6 Å². The number of carbonyl (C=O) groups is 1. The fourth-order valence-electron chi connectivity index (χ4n) is 2.24. The predicted octanol–water partition coefficient (Wildman–Crippen LogP) is 3.15. The molecule has 0 spiro atoms. The van der Waals surface area contributed by atoms with E-state index in [0.29, 0.717) is 6.42 Å². The smallest absolute Gasteiger partial charge is 0.303 e. The Hall–Kier alpha value is -1.71. The summed E-state index contributed by atoms with van der Waals surface area (Å²) in [6.07, 6.45) is 0.700. The van der Waals surface area contributed by atoms with Gasteiger partial charge in [-0.3, -0.25) is 4.79 Å². The number of carboxylic acid groups (broad SMARTS) is 1. The van der Waals surface area contributed by atoms with Gasteiger partial charge in [-0.2, -0.15) is 0 Å². The Morgan fingerprint density at radius 3 is 2.37 bits per heavy atom. The monoisotopic (exact) mass is 266 g/mol. The van der Waals surface area contributed by atoms with Gasteiger partial charge in [-0.15, -0.1) is 0 Å². The van der Waals surface area contributed by atoms with Gasteiger partial charge in [0, 0.05) is 17.5 Å². The number of aliphatic carboxylic acids is 1. The summed E-state index contributed by atoms with van der Waals surface area (Å²) in [5.41, 5.74) is 1.68. The van der Waals surface area contributed by atoms with E-state index in [1.807, 2.05) is 32.9 Å². The van der Waals surface area contributed by atoms with E-state index >= 15 is 0 Å². The summed E-state index contributed by atoms with van der Waals surface area (Å²) in [5, 5.41) is 8.84. The van der Waals surface area contributed by atoms with E-state index in [1.54, 1.807) is 14.2 Å². The van der Waals surface area contributed by atoms with Gasteiger partial charge in [-0.25, -0.2) is 0 Å². The van der Waals surface area contributed by atoms with Crippen molar-refractivity contribution in [2.45, 2.75) is 39.0 Å². The highest BCUT2D eigenvalue weighted by Gasteiger charge is 2.27. The SMILES string of the molecule is COc1ccc(C(C)(C)CCC(=O)O)c(OC)c1C. The van der Waals surface area contributed by atoms with Crippen molar-refractivity contribution in [1.29, 1.82) is 0 Å². The summed E-state index contributed by atoms with van der Waals surface area (Å²) in [7, 11) is 3.25. The van der Waals surface area contributed by atoms with Crippen LogP contribution in [0, 0.1) is 6.92 Å². The largest absolute Gasteiger partial charge is 0.496 e. The number of carboxylic acids is 1. The van der Waals surface area contributed by atoms with Crippen LogP contribution < -0.4 is 9.47 Å². The number of ether oxygens (including phenoxy) is 2. The lowest BCUT2D eigenvalue weighted by atomic mass is 9.79. The molecule has 1 rings (SSSR count). The Morgan fingerprint density at radius 2 is 1.89 bits per heavy atom. The maximum atomic E-state index is 10.7. The number of benzene rings is 1. The molecule has 0 aromatic heterocycles. The molecule has 0 radical (unpaired) electrons. The average molecular weight is 266 g/mol. The van der Waals surface area contributed by atoms with Gasteiger partial charge in [0.25, 0.3) is 0 Å². The normalized spacial score (nSPS) is 11.2. The summed E-state index contributed by atoms with van der Waals surface area (Å²) in [6.45, 7) is 5.99. The Morgan fingerprint density at radius 1 is 1.26 bits per heavy atom. The first-order valence-electron chi connectivity index (χ1n) is 6.27. The summed E-state index contributed by atoms with van der Waals surface area (Å²) < 4.78 is 10.8. The lowest BCUT2D eigenvalue weighted by Crippen LogP contribution is -2.20. The van der Waals surface area contributed by atoms with E-state index in [2.05, 4.69) is 0 Å². The van der Waals surface area contributed by atoms with Crippen LogP contribution in [0.2, 0.25) is 0 Å². The van der Waals surface area contributed by atoms with E-state index < -0.39 is 5.97 Å². The molecule has 4 heteroatoms. The zero-order valence-corrected chi connectivity index (χ0v) is 12.2. The van der Waals surface area contributed by atoms with E-state index in [4.69, 9.17) is 14.6 Å². The summed E-state index contributed by atoms with van der Waals surface area (Å²) in [6, 6.07) is 3.85. The minimum atomic E-state index is -0.780. The van der Waals surface area contributed by atoms with Crippen molar-refractivity contribution >= 4 is 5.97 Å². The molecule has 0 fully saturated rings. The minimum absolute atomic E-state index is 0.140. The topological polar surface area (TPSA) is 55.8 Å². The van der Waals surface area contributed by atoms with Crippen molar-refractivity contribution in [1.82, 2.24) is 0 Å². The van der Waals surface area contributed by atoms with Crippen LogP contribution in [0.1, 0.15) is 37.8 Å². The molecule has 0 saturated carbocycles. The Balaban J connectivity index is 3.18. The second kappa shape index (κ2) is 5.95. The molecule has 0 aliphatic heterocycles. The molecular weight excluding hydrogens is 244 g/mol. The first-order chi connectivity index (χ1) is 8.83. The van der Waals surface area contributed by atoms with Gasteiger partial charge in [0.15, 0.2) is 0 Å². The zero-order chi connectivity index (χ0) is 14.6. The molecule has 1 N–H and O–H groups in total. The third kappa shape index (κ3) is 3.40. The quantitative estimate of drug-likeness (QED) is 0.859.